The van der Waals surface area contributed by atoms with Crippen LogP contribution in [0.15, 0.2) is 48.5 Å². The Morgan fingerprint density at radius 2 is 1.47 bits per heavy atom. The summed E-state index contributed by atoms with van der Waals surface area (Å²) in [5.41, 5.74) is 2.33. The van der Waals surface area contributed by atoms with Crippen LogP contribution in [0.3, 0.4) is 0 Å². The third-order valence-corrected chi connectivity index (χ3v) is 8.61. The lowest BCUT2D eigenvalue weighted by atomic mass is 9.96. The lowest BCUT2D eigenvalue weighted by Crippen LogP contribution is -2.37. The predicted molar refractivity (Wildman–Crippen MR) is 155 cm³/mol. The van der Waals surface area contributed by atoms with Crippen molar-refractivity contribution in [2.75, 3.05) is 19.6 Å². The lowest BCUT2D eigenvalue weighted by Gasteiger charge is -2.22. The van der Waals surface area contributed by atoms with Gasteiger partial charge in [-0.3, -0.25) is 9.59 Å². The Labute approximate surface area is 231 Å². The molecule has 0 unspecified atom stereocenters. The molecule has 1 saturated heterocycles. The highest BCUT2D eigenvalue weighted by Crippen LogP contribution is 2.31. The minimum atomic E-state index is -0.189. The molecule has 5 nitrogen and oxygen atoms in total. The van der Waals surface area contributed by atoms with Crippen molar-refractivity contribution in [2.45, 2.75) is 83.2 Å². The summed E-state index contributed by atoms with van der Waals surface area (Å²) in [6, 6.07) is 15.2. The first kappa shape index (κ1) is 27.0. The number of benzene rings is 2. The van der Waals surface area contributed by atoms with Gasteiger partial charge in [0.05, 0.1) is 10.6 Å². The Balaban J connectivity index is 1.50. The number of nitrogens with zero attached hydrogens (tertiary/aromatic N) is 2. The van der Waals surface area contributed by atoms with Crippen LogP contribution < -0.4 is 5.32 Å². The minimum Gasteiger partial charge on any atom is -0.348 e. The first-order valence-corrected chi connectivity index (χ1v) is 14.9. The van der Waals surface area contributed by atoms with Gasteiger partial charge in [0.1, 0.15) is 5.69 Å². The van der Waals surface area contributed by atoms with Crippen molar-refractivity contribution in [2.24, 2.45) is 0 Å². The molecule has 2 aromatic carbocycles. The fourth-order valence-electron chi connectivity index (χ4n) is 6.25. The zero-order chi connectivity index (χ0) is 26.3. The number of aromatic nitrogens is 1. The summed E-state index contributed by atoms with van der Waals surface area (Å²) in [6.07, 6.45) is 12.6. The van der Waals surface area contributed by atoms with Crippen LogP contribution in [0.5, 0.6) is 0 Å². The van der Waals surface area contributed by atoms with E-state index in [1.54, 1.807) is 12.1 Å². The van der Waals surface area contributed by atoms with Gasteiger partial charge in [0.15, 0.2) is 5.78 Å². The molecule has 1 aromatic heterocycles. The number of ketones is 1. The third kappa shape index (κ3) is 6.16. The van der Waals surface area contributed by atoms with E-state index in [0.29, 0.717) is 28.4 Å². The molecule has 2 aliphatic rings. The molecular weight excluding hydrogens is 494 g/mol. The number of nitrogens with one attached hydrogen (secondary N) is 1. The van der Waals surface area contributed by atoms with E-state index >= 15 is 0 Å². The number of unbranched alkanes of at least 4 members (excludes halogenated alkanes) is 1. The summed E-state index contributed by atoms with van der Waals surface area (Å²) in [5, 5.41) is 4.58. The highest BCUT2D eigenvalue weighted by atomic mass is 35.5. The van der Waals surface area contributed by atoms with Crippen molar-refractivity contribution in [3.8, 4) is 0 Å². The fraction of sp³-hybridized carbons (Fsp3) is 0.500. The molecule has 6 heteroatoms. The van der Waals surface area contributed by atoms with Gasteiger partial charge in [-0.1, -0.05) is 74.0 Å². The number of rotatable bonds is 9. The number of carbonyl (C=O) groups excluding carboxylic acids is 2. The standard InChI is InChI=1S/C32H40ClN3O2/c33-27-18-8-6-16-25(27)31(37)29-26-17-7-9-19-28(26)36(23-13-12-22-35-20-10-11-21-35)30(29)32(38)34-24-14-4-2-1-3-5-15-24/h6-9,16-19,24H,1-5,10-15,20-23H2,(H,34,38). The zero-order valence-electron chi connectivity index (χ0n) is 22.4. The number of halogens is 1. The van der Waals surface area contributed by atoms with Crippen LogP contribution in [0.4, 0.5) is 0 Å². The molecule has 1 saturated carbocycles. The highest BCUT2D eigenvalue weighted by molar-refractivity contribution is 6.36. The minimum absolute atomic E-state index is 0.137. The van der Waals surface area contributed by atoms with E-state index in [-0.39, 0.29) is 17.7 Å². The average Bonchev–Trinajstić information content (AvgIpc) is 3.54. The molecule has 0 radical (unpaired) electrons. The maximum absolute atomic E-state index is 14.1. The quantitative estimate of drug-likeness (QED) is 0.233. The van der Waals surface area contributed by atoms with Crippen molar-refractivity contribution in [1.82, 2.24) is 14.8 Å². The molecule has 3 aromatic rings. The van der Waals surface area contributed by atoms with Crippen LogP contribution in [-0.2, 0) is 6.54 Å². The number of amides is 1. The maximum Gasteiger partial charge on any atom is 0.268 e. The second kappa shape index (κ2) is 12.9. The molecular formula is C32H40ClN3O2. The number of hydrogen-bond acceptors (Lipinski definition) is 3. The molecule has 202 valence electrons. The summed E-state index contributed by atoms with van der Waals surface area (Å²) in [6.45, 7) is 4.18. The molecule has 1 aliphatic carbocycles. The summed E-state index contributed by atoms with van der Waals surface area (Å²) in [5.74, 6) is -0.327. The molecule has 2 fully saturated rings. The molecule has 0 bridgehead atoms. The molecule has 1 aliphatic heterocycles. The van der Waals surface area contributed by atoms with Crippen LogP contribution in [0.1, 0.15) is 97.0 Å². The van der Waals surface area contributed by atoms with Crippen molar-refractivity contribution in [3.63, 3.8) is 0 Å². The monoisotopic (exact) mass is 533 g/mol. The van der Waals surface area contributed by atoms with Crippen LogP contribution in [0.25, 0.3) is 10.9 Å². The van der Waals surface area contributed by atoms with Crippen LogP contribution in [-0.4, -0.2) is 46.8 Å². The van der Waals surface area contributed by atoms with E-state index in [4.69, 9.17) is 11.6 Å². The molecule has 1 N–H and O–H groups in total. The van der Waals surface area contributed by atoms with Gasteiger partial charge in [0.25, 0.3) is 5.91 Å². The number of likely N-dealkylation sites (tertiary alicyclic amines) is 1. The van der Waals surface area contributed by atoms with E-state index in [1.165, 1.54) is 45.2 Å². The Bertz CT molecular complexity index is 1250. The first-order valence-electron chi connectivity index (χ1n) is 14.6. The lowest BCUT2D eigenvalue weighted by molar-refractivity contribution is 0.0911. The summed E-state index contributed by atoms with van der Waals surface area (Å²) >= 11 is 6.48. The van der Waals surface area contributed by atoms with Gasteiger partial charge in [0, 0.05) is 29.1 Å². The van der Waals surface area contributed by atoms with Crippen LogP contribution >= 0.6 is 11.6 Å². The van der Waals surface area contributed by atoms with Gasteiger partial charge < -0.3 is 14.8 Å². The normalized spacial score (nSPS) is 17.4. The van der Waals surface area contributed by atoms with Crippen molar-refractivity contribution >= 4 is 34.2 Å². The number of aryl methyl sites for hydroxylation is 1. The average molecular weight is 534 g/mol. The highest BCUT2D eigenvalue weighted by Gasteiger charge is 2.29. The number of fused-ring (bicyclic) bond motifs is 1. The summed E-state index contributed by atoms with van der Waals surface area (Å²) in [7, 11) is 0. The molecule has 2 heterocycles. The van der Waals surface area contributed by atoms with Crippen molar-refractivity contribution < 1.29 is 9.59 Å². The van der Waals surface area contributed by atoms with Crippen LogP contribution in [0, 0.1) is 0 Å². The molecule has 38 heavy (non-hydrogen) atoms. The maximum atomic E-state index is 14.1. The van der Waals surface area contributed by atoms with Gasteiger partial charge >= 0.3 is 0 Å². The Kier molecular flexibility index (Phi) is 9.18. The van der Waals surface area contributed by atoms with Gasteiger partial charge in [-0.05, 0) is 76.4 Å². The van der Waals surface area contributed by atoms with Gasteiger partial charge in [-0.25, -0.2) is 0 Å². The Morgan fingerprint density at radius 3 is 2.24 bits per heavy atom. The smallest absolute Gasteiger partial charge is 0.268 e. The van der Waals surface area contributed by atoms with E-state index in [1.807, 2.05) is 36.4 Å². The van der Waals surface area contributed by atoms with E-state index in [9.17, 15) is 9.59 Å². The predicted octanol–water partition coefficient (Wildman–Crippen LogP) is 7.24. The third-order valence-electron chi connectivity index (χ3n) is 8.28. The fourth-order valence-corrected chi connectivity index (χ4v) is 6.47. The molecule has 0 spiro atoms. The Morgan fingerprint density at radius 1 is 0.816 bits per heavy atom. The second-order valence-corrected chi connectivity index (χ2v) is 11.4. The number of carbonyl (C=O) groups is 2. The van der Waals surface area contributed by atoms with Crippen molar-refractivity contribution in [3.05, 3.63) is 70.4 Å². The number of para-hydroxylation sites is 1. The van der Waals surface area contributed by atoms with Gasteiger partial charge in [-0.2, -0.15) is 0 Å². The van der Waals surface area contributed by atoms with Gasteiger partial charge in [0.2, 0.25) is 0 Å². The topological polar surface area (TPSA) is 54.3 Å². The molecule has 0 atom stereocenters. The van der Waals surface area contributed by atoms with E-state index in [2.05, 4.69) is 14.8 Å². The van der Waals surface area contributed by atoms with E-state index in [0.717, 1.165) is 56.0 Å². The summed E-state index contributed by atoms with van der Waals surface area (Å²) in [4.78, 5) is 30.6. The van der Waals surface area contributed by atoms with E-state index < -0.39 is 0 Å². The second-order valence-electron chi connectivity index (χ2n) is 11.0. The Hall–Kier alpha value is -2.63. The van der Waals surface area contributed by atoms with Gasteiger partial charge in [-0.15, -0.1) is 0 Å². The largest absolute Gasteiger partial charge is 0.348 e. The summed E-state index contributed by atoms with van der Waals surface area (Å²) < 4.78 is 2.10. The van der Waals surface area contributed by atoms with Crippen LogP contribution in [0.2, 0.25) is 5.02 Å². The van der Waals surface area contributed by atoms with Crippen molar-refractivity contribution in [1.29, 1.82) is 0 Å². The number of hydrogen-bond donors (Lipinski definition) is 1. The zero-order valence-corrected chi connectivity index (χ0v) is 23.1. The SMILES string of the molecule is O=C(c1ccccc1Cl)c1c(C(=O)NC2CCCCCCC2)n(CCCCN2CCCC2)c2ccccc12. The molecule has 1 amide bonds. The first-order chi connectivity index (χ1) is 18.6. The molecule has 5 rings (SSSR count).